The molecule has 1 rings (SSSR count). The highest BCUT2D eigenvalue weighted by atomic mass is 16.1. The Bertz CT molecular complexity index is 288. The van der Waals surface area contributed by atoms with Crippen LogP contribution in [0.3, 0.4) is 0 Å². The normalized spacial score (nSPS) is 12.1. The fourth-order valence-corrected chi connectivity index (χ4v) is 1.05. The van der Waals surface area contributed by atoms with E-state index in [0.29, 0.717) is 12.1 Å². The number of hydrogen-bond donors (Lipinski definition) is 2. The quantitative estimate of drug-likeness (QED) is 0.703. The van der Waals surface area contributed by atoms with Gasteiger partial charge in [-0.3, -0.25) is 4.79 Å². The monoisotopic (exact) mass is 194 g/mol. The average Bonchev–Trinajstić information content (AvgIpc) is 2.19. The SMILES string of the molecule is CC(CCN)NC(=O)c1cncnc1. The number of carbonyl (C=O) groups excluding carboxylic acids is 1. The molecule has 5 heteroatoms. The van der Waals surface area contributed by atoms with Crippen molar-refractivity contribution >= 4 is 5.91 Å². The second-order valence-electron chi connectivity index (χ2n) is 3.08. The zero-order valence-electron chi connectivity index (χ0n) is 8.10. The van der Waals surface area contributed by atoms with Gasteiger partial charge in [0.25, 0.3) is 5.91 Å². The smallest absolute Gasteiger partial charge is 0.254 e. The van der Waals surface area contributed by atoms with Crippen molar-refractivity contribution in [2.24, 2.45) is 5.73 Å². The lowest BCUT2D eigenvalue weighted by Gasteiger charge is -2.11. The van der Waals surface area contributed by atoms with Gasteiger partial charge in [-0.2, -0.15) is 0 Å². The summed E-state index contributed by atoms with van der Waals surface area (Å²) in [5.74, 6) is -0.161. The van der Waals surface area contributed by atoms with Crippen molar-refractivity contribution in [1.82, 2.24) is 15.3 Å². The predicted molar refractivity (Wildman–Crippen MR) is 52.6 cm³/mol. The van der Waals surface area contributed by atoms with Crippen LogP contribution in [0.4, 0.5) is 0 Å². The van der Waals surface area contributed by atoms with Crippen LogP contribution in [-0.4, -0.2) is 28.5 Å². The van der Waals surface area contributed by atoms with E-state index < -0.39 is 0 Å². The van der Waals surface area contributed by atoms with Crippen molar-refractivity contribution in [1.29, 1.82) is 0 Å². The molecule has 1 heterocycles. The molecule has 1 atom stereocenters. The van der Waals surface area contributed by atoms with Crippen LogP contribution in [0.25, 0.3) is 0 Å². The summed E-state index contributed by atoms with van der Waals surface area (Å²) in [5, 5.41) is 2.80. The third-order valence-electron chi connectivity index (χ3n) is 1.80. The standard InChI is InChI=1S/C9H14N4O/c1-7(2-3-10)13-9(14)8-4-11-6-12-5-8/h4-7H,2-3,10H2,1H3,(H,13,14). The van der Waals surface area contributed by atoms with E-state index in [0.717, 1.165) is 6.42 Å². The summed E-state index contributed by atoms with van der Waals surface area (Å²) < 4.78 is 0. The number of nitrogens with two attached hydrogens (primary N) is 1. The fourth-order valence-electron chi connectivity index (χ4n) is 1.05. The van der Waals surface area contributed by atoms with E-state index in [1.165, 1.54) is 18.7 Å². The maximum atomic E-state index is 11.5. The van der Waals surface area contributed by atoms with Crippen LogP contribution in [-0.2, 0) is 0 Å². The van der Waals surface area contributed by atoms with Crippen LogP contribution in [0.1, 0.15) is 23.7 Å². The summed E-state index contributed by atoms with van der Waals surface area (Å²) >= 11 is 0. The summed E-state index contributed by atoms with van der Waals surface area (Å²) in [4.78, 5) is 19.0. The molecule has 5 nitrogen and oxygen atoms in total. The van der Waals surface area contributed by atoms with Gasteiger partial charge in [-0.05, 0) is 19.9 Å². The van der Waals surface area contributed by atoms with E-state index in [1.807, 2.05) is 6.92 Å². The van der Waals surface area contributed by atoms with Crippen LogP contribution in [0.2, 0.25) is 0 Å². The first-order chi connectivity index (χ1) is 6.74. The molecule has 0 saturated carbocycles. The van der Waals surface area contributed by atoms with Crippen LogP contribution in [0, 0.1) is 0 Å². The maximum absolute atomic E-state index is 11.5. The third kappa shape index (κ3) is 3.10. The van der Waals surface area contributed by atoms with Gasteiger partial charge >= 0.3 is 0 Å². The fraction of sp³-hybridized carbons (Fsp3) is 0.444. The summed E-state index contributed by atoms with van der Waals surface area (Å²) in [6, 6.07) is 0.0766. The molecule has 76 valence electrons. The van der Waals surface area contributed by atoms with E-state index in [1.54, 1.807) is 0 Å². The summed E-state index contributed by atoms with van der Waals surface area (Å²) in [7, 11) is 0. The Kier molecular flexibility index (Phi) is 4.00. The molecule has 0 aromatic carbocycles. The lowest BCUT2D eigenvalue weighted by Crippen LogP contribution is -2.34. The number of aromatic nitrogens is 2. The first-order valence-corrected chi connectivity index (χ1v) is 4.50. The molecule has 1 aromatic heterocycles. The molecule has 0 spiro atoms. The van der Waals surface area contributed by atoms with Gasteiger partial charge in [0.05, 0.1) is 5.56 Å². The number of nitrogens with one attached hydrogen (secondary N) is 1. The minimum atomic E-state index is -0.161. The number of nitrogens with zero attached hydrogens (tertiary/aromatic N) is 2. The van der Waals surface area contributed by atoms with E-state index in [4.69, 9.17) is 5.73 Å². The van der Waals surface area contributed by atoms with E-state index >= 15 is 0 Å². The van der Waals surface area contributed by atoms with Gasteiger partial charge in [0, 0.05) is 18.4 Å². The minimum Gasteiger partial charge on any atom is -0.349 e. The molecule has 1 amide bonds. The Labute approximate surface area is 82.7 Å². The second kappa shape index (κ2) is 5.29. The highest BCUT2D eigenvalue weighted by molar-refractivity contribution is 5.93. The van der Waals surface area contributed by atoms with Gasteiger partial charge in [0.1, 0.15) is 6.33 Å². The molecule has 14 heavy (non-hydrogen) atoms. The molecule has 3 N–H and O–H groups in total. The Morgan fingerprint density at radius 3 is 2.79 bits per heavy atom. The Morgan fingerprint density at radius 2 is 2.21 bits per heavy atom. The lowest BCUT2D eigenvalue weighted by atomic mass is 10.2. The number of amides is 1. The van der Waals surface area contributed by atoms with Crippen molar-refractivity contribution in [3.05, 3.63) is 24.3 Å². The number of hydrogen-bond acceptors (Lipinski definition) is 4. The van der Waals surface area contributed by atoms with Crippen molar-refractivity contribution < 1.29 is 4.79 Å². The van der Waals surface area contributed by atoms with Crippen molar-refractivity contribution in [2.75, 3.05) is 6.54 Å². The average molecular weight is 194 g/mol. The van der Waals surface area contributed by atoms with Gasteiger partial charge in [-0.1, -0.05) is 0 Å². The molecule has 0 radical (unpaired) electrons. The van der Waals surface area contributed by atoms with E-state index in [2.05, 4.69) is 15.3 Å². The van der Waals surface area contributed by atoms with Gasteiger partial charge in [-0.25, -0.2) is 9.97 Å². The molecule has 1 unspecified atom stereocenters. The molecule has 0 bridgehead atoms. The van der Waals surface area contributed by atoms with E-state index in [9.17, 15) is 4.79 Å². The van der Waals surface area contributed by atoms with Crippen LogP contribution in [0.15, 0.2) is 18.7 Å². The van der Waals surface area contributed by atoms with Gasteiger partial charge in [0.2, 0.25) is 0 Å². The highest BCUT2D eigenvalue weighted by Crippen LogP contribution is 1.95. The molecule has 0 aliphatic rings. The van der Waals surface area contributed by atoms with Crippen molar-refractivity contribution in [3.63, 3.8) is 0 Å². The second-order valence-corrected chi connectivity index (χ2v) is 3.08. The molecular weight excluding hydrogens is 180 g/mol. The summed E-state index contributed by atoms with van der Waals surface area (Å²) in [6.45, 7) is 2.47. The van der Waals surface area contributed by atoms with Gasteiger partial charge < -0.3 is 11.1 Å². The van der Waals surface area contributed by atoms with Gasteiger partial charge in [-0.15, -0.1) is 0 Å². The highest BCUT2D eigenvalue weighted by Gasteiger charge is 2.08. The molecule has 1 aromatic rings. The van der Waals surface area contributed by atoms with Gasteiger partial charge in [0.15, 0.2) is 0 Å². The topological polar surface area (TPSA) is 80.9 Å². The Balaban J connectivity index is 2.51. The molecular formula is C9H14N4O. The number of carbonyl (C=O) groups is 1. The van der Waals surface area contributed by atoms with Crippen LogP contribution >= 0.6 is 0 Å². The van der Waals surface area contributed by atoms with Crippen molar-refractivity contribution in [2.45, 2.75) is 19.4 Å². The first-order valence-electron chi connectivity index (χ1n) is 4.50. The predicted octanol–water partition coefficient (Wildman–Crippen LogP) is -0.0563. The van der Waals surface area contributed by atoms with Crippen LogP contribution in [0.5, 0.6) is 0 Å². The Morgan fingerprint density at radius 1 is 1.57 bits per heavy atom. The van der Waals surface area contributed by atoms with Crippen LogP contribution < -0.4 is 11.1 Å². The zero-order chi connectivity index (χ0) is 10.4. The zero-order valence-corrected chi connectivity index (χ0v) is 8.10. The maximum Gasteiger partial charge on any atom is 0.254 e. The largest absolute Gasteiger partial charge is 0.349 e. The number of rotatable bonds is 4. The molecule has 0 fully saturated rings. The third-order valence-corrected chi connectivity index (χ3v) is 1.80. The molecule has 0 aliphatic carbocycles. The Hall–Kier alpha value is -1.49. The summed E-state index contributed by atoms with van der Waals surface area (Å²) in [5.41, 5.74) is 5.84. The lowest BCUT2D eigenvalue weighted by molar-refractivity contribution is 0.0938. The molecule has 0 saturated heterocycles. The summed E-state index contributed by atoms with van der Waals surface area (Å²) in [6.07, 6.45) is 5.12. The first kappa shape index (κ1) is 10.6. The minimum absolute atomic E-state index is 0.0766. The van der Waals surface area contributed by atoms with Crippen molar-refractivity contribution in [3.8, 4) is 0 Å². The van der Waals surface area contributed by atoms with E-state index in [-0.39, 0.29) is 11.9 Å². The molecule has 0 aliphatic heterocycles.